The summed E-state index contributed by atoms with van der Waals surface area (Å²) in [6, 6.07) is -0.632. The van der Waals surface area contributed by atoms with Gasteiger partial charge in [-0.2, -0.15) is 0 Å². The summed E-state index contributed by atoms with van der Waals surface area (Å²) in [5.41, 5.74) is 0. The second-order valence-corrected chi connectivity index (χ2v) is 10.8. The van der Waals surface area contributed by atoms with Crippen molar-refractivity contribution in [3.8, 4) is 0 Å². The lowest BCUT2D eigenvalue weighted by Crippen LogP contribution is -2.48. The van der Waals surface area contributed by atoms with E-state index in [1.165, 1.54) is 57.8 Å². The summed E-state index contributed by atoms with van der Waals surface area (Å²) in [7, 11) is 0. The first kappa shape index (κ1) is 31.4. The number of carbonyl (C=O) groups is 3. The maximum Gasteiger partial charge on any atom is 0.328 e. The molecule has 2 unspecified atom stereocenters. The van der Waals surface area contributed by atoms with E-state index in [1.807, 2.05) is 13.8 Å². The summed E-state index contributed by atoms with van der Waals surface area (Å²) in [5.74, 6) is -0.302. The van der Waals surface area contributed by atoms with Crippen molar-refractivity contribution in [2.45, 2.75) is 155 Å². The Hall–Kier alpha value is -1.59. The van der Waals surface area contributed by atoms with Crippen LogP contribution in [0.1, 0.15) is 137 Å². The van der Waals surface area contributed by atoms with Crippen molar-refractivity contribution in [2.24, 2.45) is 11.8 Å². The second-order valence-electron chi connectivity index (χ2n) is 10.8. The number of hydrogen-bond acceptors (Lipinski definition) is 5. The van der Waals surface area contributed by atoms with Crippen LogP contribution >= 0.6 is 0 Å². The molecule has 0 saturated carbocycles. The summed E-state index contributed by atoms with van der Waals surface area (Å²) in [4.78, 5) is 36.0. The predicted octanol–water partition coefficient (Wildman–Crippen LogP) is 6.88. The number of unbranched alkanes of at least 4 members (excludes halogenated alkanes) is 11. The van der Waals surface area contributed by atoms with Crippen LogP contribution in [0.3, 0.4) is 0 Å². The van der Waals surface area contributed by atoms with Crippen molar-refractivity contribution in [2.75, 3.05) is 0 Å². The van der Waals surface area contributed by atoms with Gasteiger partial charge in [0.2, 0.25) is 6.41 Å². The third-order valence-electron chi connectivity index (χ3n) is 7.06. The number of hydrogen-bond donors (Lipinski definition) is 1. The van der Waals surface area contributed by atoms with Gasteiger partial charge in [0.05, 0.1) is 5.92 Å². The summed E-state index contributed by atoms with van der Waals surface area (Å²) in [6.45, 7) is 8.45. The predicted molar refractivity (Wildman–Crippen MR) is 141 cm³/mol. The van der Waals surface area contributed by atoms with E-state index in [0.29, 0.717) is 19.3 Å². The quantitative estimate of drug-likeness (QED) is 0.0949. The van der Waals surface area contributed by atoms with Crippen LogP contribution in [-0.4, -0.2) is 36.6 Å². The average molecular weight is 496 g/mol. The number of rotatable bonds is 23. The van der Waals surface area contributed by atoms with E-state index in [9.17, 15) is 14.4 Å². The summed E-state index contributed by atoms with van der Waals surface area (Å²) in [6.07, 6.45) is 18.5. The van der Waals surface area contributed by atoms with Gasteiger partial charge in [0.1, 0.15) is 18.2 Å². The molecule has 0 aliphatic carbocycles. The summed E-state index contributed by atoms with van der Waals surface area (Å²) in [5, 5.41) is 2.62. The van der Waals surface area contributed by atoms with Gasteiger partial charge in [-0.15, -0.1) is 0 Å². The molecule has 0 aromatic carbocycles. The third-order valence-corrected chi connectivity index (χ3v) is 7.06. The molecule has 0 aromatic heterocycles. The molecule has 4 atom stereocenters. The monoisotopic (exact) mass is 495 g/mol. The largest absolute Gasteiger partial charge is 0.461 e. The van der Waals surface area contributed by atoms with Crippen LogP contribution in [0, 0.1) is 11.8 Å². The van der Waals surface area contributed by atoms with Gasteiger partial charge < -0.3 is 14.8 Å². The maximum absolute atomic E-state index is 12.9. The molecule has 1 amide bonds. The number of nitrogens with one attached hydrogen (secondary N) is 1. The molecule has 204 valence electrons. The fourth-order valence-corrected chi connectivity index (χ4v) is 4.90. The second kappa shape index (κ2) is 19.6. The Labute approximate surface area is 214 Å². The standard InChI is InChI=1S/C29H53NO5/c1-5-7-9-11-12-13-14-15-16-18-24(34-29(33)26(30-22-31)20-23(3)4)21-27-25(28(32)35-27)19-17-10-8-6-2/h22-27H,5-21H2,1-4H3,(H,30,31)/t24?,25-,26?,27-/m0/s1. The lowest BCUT2D eigenvalue weighted by Gasteiger charge is -2.37. The maximum atomic E-state index is 12.9. The normalized spacial score (nSPS) is 19.1. The Bertz CT molecular complexity index is 579. The molecule has 6 heteroatoms. The van der Waals surface area contributed by atoms with Gasteiger partial charge in [0, 0.05) is 6.42 Å². The van der Waals surface area contributed by atoms with Crippen molar-refractivity contribution in [3.63, 3.8) is 0 Å². The van der Waals surface area contributed by atoms with Crippen LogP contribution in [-0.2, 0) is 23.9 Å². The van der Waals surface area contributed by atoms with E-state index < -0.39 is 6.04 Å². The SMILES string of the molecule is CCCCCCCCCCCC(C[C@@H]1OC(=O)[C@H]1CCCCCC)OC(=O)C(CC(C)C)NC=O. The Balaban J connectivity index is 2.58. The van der Waals surface area contributed by atoms with Crippen molar-refractivity contribution in [1.82, 2.24) is 5.32 Å². The van der Waals surface area contributed by atoms with Crippen LogP contribution in [0.25, 0.3) is 0 Å². The Morgan fingerprint density at radius 3 is 2.06 bits per heavy atom. The first-order valence-corrected chi connectivity index (χ1v) is 14.5. The molecule has 1 aliphatic rings. The Kier molecular flexibility index (Phi) is 17.6. The zero-order valence-corrected chi connectivity index (χ0v) is 23.0. The van der Waals surface area contributed by atoms with E-state index in [2.05, 4.69) is 19.2 Å². The number of ether oxygens (including phenoxy) is 2. The molecule has 35 heavy (non-hydrogen) atoms. The van der Waals surface area contributed by atoms with E-state index in [-0.39, 0.29) is 36.0 Å². The molecule has 0 bridgehead atoms. The van der Waals surface area contributed by atoms with E-state index in [1.54, 1.807) is 0 Å². The molecule has 1 N–H and O–H groups in total. The Morgan fingerprint density at radius 1 is 0.943 bits per heavy atom. The minimum atomic E-state index is -0.632. The molecule has 1 rings (SSSR count). The lowest BCUT2D eigenvalue weighted by molar-refractivity contribution is -0.190. The number of carbonyl (C=O) groups excluding carboxylic acids is 3. The number of cyclic esters (lactones) is 1. The van der Waals surface area contributed by atoms with Crippen LogP contribution in [0.2, 0.25) is 0 Å². The molecule has 1 fully saturated rings. The fraction of sp³-hybridized carbons (Fsp3) is 0.897. The van der Waals surface area contributed by atoms with Crippen molar-refractivity contribution < 1.29 is 23.9 Å². The molecule has 0 radical (unpaired) electrons. The van der Waals surface area contributed by atoms with Gasteiger partial charge in [-0.25, -0.2) is 4.79 Å². The number of amides is 1. The van der Waals surface area contributed by atoms with Crippen LogP contribution in [0.5, 0.6) is 0 Å². The molecule has 0 spiro atoms. The minimum absolute atomic E-state index is 0.0734. The van der Waals surface area contributed by atoms with Gasteiger partial charge >= 0.3 is 11.9 Å². The molecule has 6 nitrogen and oxygen atoms in total. The van der Waals surface area contributed by atoms with Crippen LogP contribution < -0.4 is 5.32 Å². The Morgan fingerprint density at radius 2 is 1.51 bits per heavy atom. The molecule has 1 saturated heterocycles. The molecule has 0 aromatic rings. The number of esters is 2. The van der Waals surface area contributed by atoms with Gasteiger partial charge in [0.15, 0.2) is 0 Å². The smallest absolute Gasteiger partial charge is 0.328 e. The van der Waals surface area contributed by atoms with Crippen molar-refractivity contribution in [3.05, 3.63) is 0 Å². The summed E-state index contributed by atoms with van der Waals surface area (Å²) < 4.78 is 11.4. The van der Waals surface area contributed by atoms with E-state index in [4.69, 9.17) is 9.47 Å². The van der Waals surface area contributed by atoms with Gasteiger partial charge in [-0.1, -0.05) is 105 Å². The third kappa shape index (κ3) is 13.9. The van der Waals surface area contributed by atoms with Gasteiger partial charge in [-0.3, -0.25) is 9.59 Å². The topological polar surface area (TPSA) is 81.7 Å². The minimum Gasteiger partial charge on any atom is -0.461 e. The van der Waals surface area contributed by atoms with E-state index in [0.717, 1.165) is 38.5 Å². The highest BCUT2D eigenvalue weighted by Crippen LogP contribution is 2.32. The highest BCUT2D eigenvalue weighted by molar-refractivity contribution is 5.79. The molecule has 1 aliphatic heterocycles. The molecule has 1 heterocycles. The van der Waals surface area contributed by atoms with Crippen molar-refractivity contribution in [1.29, 1.82) is 0 Å². The van der Waals surface area contributed by atoms with Gasteiger partial charge in [-0.05, 0) is 31.6 Å². The van der Waals surface area contributed by atoms with E-state index >= 15 is 0 Å². The molecular weight excluding hydrogens is 442 g/mol. The zero-order valence-electron chi connectivity index (χ0n) is 23.0. The van der Waals surface area contributed by atoms with Crippen molar-refractivity contribution >= 4 is 18.3 Å². The van der Waals surface area contributed by atoms with Crippen LogP contribution in [0.15, 0.2) is 0 Å². The van der Waals surface area contributed by atoms with Gasteiger partial charge in [0.25, 0.3) is 0 Å². The molecular formula is C29H53NO5. The first-order valence-electron chi connectivity index (χ1n) is 14.5. The highest BCUT2D eigenvalue weighted by Gasteiger charge is 2.43. The average Bonchev–Trinajstić information content (AvgIpc) is 2.81. The fourth-order valence-electron chi connectivity index (χ4n) is 4.90. The highest BCUT2D eigenvalue weighted by atomic mass is 16.6. The summed E-state index contributed by atoms with van der Waals surface area (Å²) >= 11 is 0. The zero-order chi connectivity index (χ0) is 25.9. The first-order chi connectivity index (χ1) is 16.9. The lowest BCUT2D eigenvalue weighted by atomic mass is 9.86. The van der Waals surface area contributed by atoms with Crippen LogP contribution in [0.4, 0.5) is 0 Å².